The molecule has 5 heteroatoms. The summed E-state index contributed by atoms with van der Waals surface area (Å²) in [5, 5.41) is 0. The van der Waals surface area contributed by atoms with E-state index in [1.165, 1.54) is 0 Å². The Balaban J connectivity index is 0.00000196. The number of amides is 1. The summed E-state index contributed by atoms with van der Waals surface area (Å²) in [6.07, 6.45) is 10.7. The summed E-state index contributed by atoms with van der Waals surface area (Å²) >= 11 is 0. The van der Waals surface area contributed by atoms with Crippen molar-refractivity contribution in [3.05, 3.63) is 18.7 Å². The molecule has 0 aliphatic rings. The predicted octanol–water partition coefficient (Wildman–Crippen LogP) is -3.50. The van der Waals surface area contributed by atoms with E-state index in [4.69, 9.17) is 6.42 Å². The lowest BCUT2D eigenvalue weighted by Crippen LogP contribution is -3.00. The molecule has 1 amide bonds. The quantitative estimate of drug-likeness (QED) is 0.415. The monoisotopic (exact) mass is 271 g/mol. The maximum Gasteiger partial charge on any atom is 0.264 e. The lowest BCUT2D eigenvalue weighted by Gasteiger charge is -2.06. The van der Waals surface area contributed by atoms with Crippen LogP contribution in [0.5, 0.6) is 0 Å². The Kier molecular flexibility index (Phi) is 5.72. The van der Waals surface area contributed by atoms with E-state index in [-0.39, 0.29) is 22.9 Å². The van der Waals surface area contributed by atoms with E-state index >= 15 is 0 Å². The first kappa shape index (κ1) is 13.7. The molecule has 1 aromatic heterocycles. The molecular formula is C10H14BrN3O. The fraction of sp³-hybridized carbons (Fsp3) is 0.400. The molecule has 0 saturated heterocycles. The topological polar surface area (TPSA) is 29.1 Å². The number of imidazole rings is 1. The van der Waals surface area contributed by atoms with Crippen LogP contribution in [-0.4, -0.2) is 29.5 Å². The maximum atomic E-state index is 11.3. The van der Waals surface area contributed by atoms with Gasteiger partial charge in [-0.1, -0.05) is 5.92 Å². The summed E-state index contributed by atoms with van der Waals surface area (Å²) in [5.41, 5.74) is 0. The standard InChI is InChI=1S/C10H14N3O.BrH/c1-4-5-12-6-7-13(9-12)8-10(14)11(2)3;/h1,6-7,9H,5,8H2,2-3H3;1H/q+1;/p-1. The first-order valence-electron chi connectivity index (χ1n) is 4.32. The Morgan fingerprint density at radius 2 is 2.27 bits per heavy atom. The highest BCUT2D eigenvalue weighted by Gasteiger charge is 2.09. The molecule has 0 radical (unpaired) electrons. The molecule has 1 rings (SSSR count). The molecule has 0 aromatic carbocycles. The van der Waals surface area contributed by atoms with Gasteiger partial charge in [0.2, 0.25) is 6.33 Å². The Labute approximate surface area is 100 Å². The molecule has 0 spiro atoms. The van der Waals surface area contributed by atoms with Crippen LogP contribution in [0.15, 0.2) is 18.7 Å². The number of halogens is 1. The van der Waals surface area contributed by atoms with Crippen LogP contribution >= 0.6 is 0 Å². The van der Waals surface area contributed by atoms with Gasteiger partial charge in [0, 0.05) is 14.1 Å². The molecule has 0 unspecified atom stereocenters. The molecule has 0 aliphatic heterocycles. The molecule has 15 heavy (non-hydrogen) atoms. The smallest absolute Gasteiger partial charge is 0.264 e. The fourth-order valence-electron chi connectivity index (χ4n) is 1.03. The Hall–Kier alpha value is -1.28. The highest BCUT2D eigenvalue weighted by atomic mass is 79.9. The van der Waals surface area contributed by atoms with Crippen molar-refractivity contribution in [3.63, 3.8) is 0 Å². The zero-order chi connectivity index (χ0) is 10.6. The lowest BCUT2D eigenvalue weighted by atomic mass is 10.5. The van der Waals surface area contributed by atoms with Crippen molar-refractivity contribution in [2.24, 2.45) is 0 Å². The zero-order valence-electron chi connectivity index (χ0n) is 8.85. The average molecular weight is 272 g/mol. The van der Waals surface area contributed by atoms with Crippen molar-refractivity contribution in [3.8, 4) is 12.3 Å². The van der Waals surface area contributed by atoms with E-state index in [9.17, 15) is 4.79 Å². The molecule has 0 N–H and O–H groups in total. The average Bonchev–Trinajstić information content (AvgIpc) is 2.53. The van der Waals surface area contributed by atoms with Crippen molar-refractivity contribution in [1.29, 1.82) is 0 Å². The van der Waals surface area contributed by atoms with E-state index in [0.717, 1.165) is 0 Å². The zero-order valence-corrected chi connectivity index (χ0v) is 10.4. The molecule has 0 atom stereocenters. The molecule has 0 saturated carbocycles. The Morgan fingerprint density at radius 1 is 1.60 bits per heavy atom. The van der Waals surface area contributed by atoms with Crippen molar-refractivity contribution in [1.82, 2.24) is 9.47 Å². The Bertz CT molecular complexity index is 365. The number of nitrogens with zero attached hydrogens (tertiary/aromatic N) is 3. The highest BCUT2D eigenvalue weighted by molar-refractivity contribution is 5.73. The normalized spacial score (nSPS) is 8.87. The van der Waals surface area contributed by atoms with Gasteiger partial charge in [0.05, 0.1) is 0 Å². The molecule has 0 aliphatic carbocycles. The number of hydrogen-bond acceptors (Lipinski definition) is 1. The minimum atomic E-state index is 0. The molecule has 1 heterocycles. The number of likely N-dealkylation sites (N-methyl/N-ethyl adjacent to an activating group) is 1. The van der Waals surface area contributed by atoms with Gasteiger partial charge in [0.15, 0.2) is 13.1 Å². The Morgan fingerprint density at radius 3 is 2.80 bits per heavy atom. The van der Waals surface area contributed by atoms with Crippen molar-refractivity contribution < 1.29 is 26.3 Å². The summed E-state index contributed by atoms with van der Waals surface area (Å²) in [4.78, 5) is 12.9. The van der Waals surface area contributed by atoms with Gasteiger partial charge in [-0.2, -0.15) is 0 Å². The van der Waals surface area contributed by atoms with Gasteiger partial charge < -0.3 is 21.9 Å². The second kappa shape index (κ2) is 6.25. The predicted molar refractivity (Wildman–Crippen MR) is 52.2 cm³/mol. The van der Waals surface area contributed by atoms with Crippen molar-refractivity contribution in [2.45, 2.75) is 13.1 Å². The van der Waals surface area contributed by atoms with E-state index in [0.29, 0.717) is 13.1 Å². The second-order valence-electron chi connectivity index (χ2n) is 3.25. The third-order valence-corrected chi connectivity index (χ3v) is 1.84. The van der Waals surface area contributed by atoms with Crippen LogP contribution in [0.1, 0.15) is 0 Å². The molecular weight excluding hydrogens is 258 g/mol. The summed E-state index contributed by atoms with van der Waals surface area (Å²) < 4.78 is 3.66. The van der Waals surface area contributed by atoms with Crippen LogP contribution in [0.2, 0.25) is 0 Å². The summed E-state index contributed by atoms with van der Waals surface area (Å²) in [6.45, 7) is 0.883. The van der Waals surface area contributed by atoms with Crippen LogP contribution in [-0.2, 0) is 17.9 Å². The molecule has 1 aromatic rings. The number of terminal acetylenes is 1. The van der Waals surface area contributed by atoms with Crippen LogP contribution < -0.4 is 21.5 Å². The number of carbonyl (C=O) groups is 1. The van der Waals surface area contributed by atoms with Gasteiger partial charge >= 0.3 is 0 Å². The number of aromatic nitrogens is 2. The van der Waals surface area contributed by atoms with Gasteiger partial charge in [0.25, 0.3) is 5.91 Å². The van der Waals surface area contributed by atoms with Gasteiger partial charge in [0.1, 0.15) is 12.4 Å². The van der Waals surface area contributed by atoms with E-state index in [1.54, 1.807) is 23.6 Å². The first-order chi connectivity index (χ1) is 6.63. The van der Waals surface area contributed by atoms with Crippen LogP contribution in [0.4, 0.5) is 0 Å². The minimum absolute atomic E-state index is 0. The molecule has 0 bridgehead atoms. The van der Waals surface area contributed by atoms with Gasteiger partial charge in [-0.3, -0.25) is 4.79 Å². The maximum absolute atomic E-state index is 11.3. The molecule has 0 fully saturated rings. The largest absolute Gasteiger partial charge is 1.00 e. The minimum Gasteiger partial charge on any atom is -1.00 e. The number of rotatable bonds is 3. The number of carbonyl (C=O) groups excluding carboxylic acids is 1. The first-order valence-corrected chi connectivity index (χ1v) is 4.32. The summed E-state index contributed by atoms with van der Waals surface area (Å²) in [5.74, 6) is 2.59. The van der Waals surface area contributed by atoms with Crippen molar-refractivity contribution in [2.75, 3.05) is 14.1 Å². The van der Waals surface area contributed by atoms with Gasteiger partial charge in [-0.15, -0.1) is 6.42 Å². The second-order valence-corrected chi connectivity index (χ2v) is 3.25. The number of hydrogen-bond donors (Lipinski definition) is 0. The SMILES string of the molecule is C#CCn1cc[n+](CC(=O)N(C)C)c1.[Br-]. The summed E-state index contributed by atoms with van der Waals surface area (Å²) in [7, 11) is 3.47. The molecule has 4 nitrogen and oxygen atoms in total. The fourth-order valence-corrected chi connectivity index (χ4v) is 1.03. The van der Waals surface area contributed by atoms with E-state index in [1.807, 2.05) is 23.3 Å². The molecule has 82 valence electrons. The van der Waals surface area contributed by atoms with Crippen LogP contribution in [0, 0.1) is 12.3 Å². The van der Waals surface area contributed by atoms with E-state index in [2.05, 4.69) is 5.92 Å². The van der Waals surface area contributed by atoms with Gasteiger partial charge in [-0.25, -0.2) is 9.13 Å². The van der Waals surface area contributed by atoms with Crippen LogP contribution in [0.25, 0.3) is 0 Å². The van der Waals surface area contributed by atoms with Crippen molar-refractivity contribution >= 4 is 5.91 Å². The third-order valence-electron chi connectivity index (χ3n) is 1.84. The van der Waals surface area contributed by atoms with E-state index < -0.39 is 0 Å². The third kappa shape index (κ3) is 4.17. The highest BCUT2D eigenvalue weighted by Crippen LogP contribution is 1.84. The lowest BCUT2D eigenvalue weighted by molar-refractivity contribution is -0.684. The summed E-state index contributed by atoms with van der Waals surface area (Å²) in [6, 6.07) is 0. The van der Waals surface area contributed by atoms with Gasteiger partial charge in [-0.05, 0) is 0 Å². The van der Waals surface area contributed by atoms with Crippen LogP contribution in [0.3, 0.4) is 0 Å².